The molecule has 1 aliphatic heterocycles. The van der Waals surface area contributed by atoms with E-state index in [9.17, 15) is 4.79 Å². The van der Waals surface area contributed by atoms with Crippen molar-refractivity contribution in [3.05, 3.63) is 84.1 Å². The van der Waals surface area contributed by atoms with Crippen LogP contribution in [0.1, 0.15) is 30.0 Å². The van der Waals surface area contributed by atoms with E-state index >= 15 is 0 Å². The summed E-state index contributed by atoms with van der Waals surface area (Å²) in [6.07, 6.45) is 3.17. The summed E-state index contributed by atoms with van der Waals surface area (Å²) in [6, 6.07) is 21.9. The van der Waals surface area contributed by atoms with Crippen molar-refractivity contribution in [1.82, 2.24) is 10.3 Å². The number of hydrogen-bond donors (Lipinski definition) is 2. The van der Waals surface area contributed by atoms with E-state index in [1.165, 1.54) is 0 Å². The molecule has 1 fully saturated rings. The molecule has 1 aromatic heterocycles. The Bertz CT molecular complexity index is 928. The van der Waals surface area contributed by atoms with E-state index in [0.717, 1.165) is 29.0 Å². The molecule has 2 aromatic carbocycles. The van der Waals surface area contributed by atoms with Crippen LogP contribution in [-0.2, 0) is 11.3 Å². The van der Waals surface area contributed by atoms with Crippen molar-refractivity contribution in [3.8, 4) is 11.6 Å². The van der Waals surface area contributed by atoms with Gasteiger partial charge >= 0.3 is 0 Å². The summed E-state index contributed by atoms with van der Waals surface area (Å²) in [6.45, 7) is 0.680. The van der Waals surface area contributed by atoms with Crippen molar-refractivity contribution in [2.24, 2.45) is 0 Å². The number of aromatic nitrogens is 1. The molecule has 1 amide bonds. The Hall–Kier alpha value is -3.34. The molecule has 0 saturated carbocycles. The molecule has 2 heterocycles. The standard InChI is InChI=1S/C22H21N3O2/c26-21-11-10-20(25-21)17-6-4-7-18(14-17)24-15-16-5-3-8-19(13-16)27-22-9-1-2-12-23-22/h1-9,12-14,20,24H,10-11,15H2,(H,25,26). The lowest BCUT2D eigenvalue weighted by atomic mass is 10.0. The second-order valence-corrected chi connectivity index (χ2v) is 6.56. The van der Waals surface area contributed by atoms with Gasteiger partial charge in [-0.25, -0.2) is 4.98 Å². The zero-order valence-corrected chi connectivity index (χ0v) is 14.9. The van der Waals surface area contributed by atoms with E-state index < -0.39 is 0 Å². The van der Waals surface area contributed by atoms with Gasteiger partial charge in [0.2, 0.25) is 11.8 Å². The molecule has 1 atom stereocenters. The van der Waals surface area contributed by atoms with Crippen molar-refractivity contribution in [2.45, 2.75) is 25.4 Å². The summed E-state index contributed by atoms with van der Waals surface area (Å²) in [5.41, 5.74) is 3.28. The molecule has 0 radical (unpaired) electrons. The van der Waals surface area contributed by atoms with Gasteiger partial charge in [-0.2, -0.15) is 0 Å². The van der Waals surface area contributed by atoms with Gasteiger partial charge in [-0.05, 0) is 47.9 Å². The first-order valence-electron chi connectivity index (χ1n) is 9.07. The Morgan fingerprint density at radius 3 is 2.81 bits per heavy atom. The molecule has 1 aliphatic rings. The van der Waals surface area contributed by atoms with Crippen LogP contribution in [0.3, 0.4) is 0 Å². The third-order valence-electron chi connectivity index (χ3n) is 4.54. The zero-order chi connectivity index (χ0) is 18.5. The number of nitrogens with zero attached hydrogens (tertiary/aromatic N) is 1. The number of anilines is 1. The first-order chi connectivity index (χ1) is 13.3. The number of nitrogens with one attached hydrogen (secondary N) is 2. The quantitative estimate of drug-likeness (QED) is 0.683. The molecule has 0 bridgehead atoms. The van der Waals surface area contributed by atoms with Crippen LogP contribution in [0.25, 0.3) is 0 Å². The Kier molecular flexibility index (Phi) is 5.01. The summed E-state index contributed by atoms with van der Waals surface area (Å²) in [5.74, 6) is 1.47. The van der Waals surface area contributed by atoms with Gasteiger partial charge in [-0.1, -0.05) is 30.3 Å². The van der Waals surface area contributed by atoms with Crippen LogP contribution in [0.15, 0.2) is 72.9 Å². The highest BCUT2D eigenvalue weighted by Crippen LogP contribution is 2.26. The Morgan fingerprint density at radius 2 is 2.00 bits per heavy atom. The molecular formula is C22H21N3O2. The minimum atomic E-state index is 0.120. The van der Waals surface area contributed by atoms with Crippen LogP contribution in [0.2, 0.25) is 0 Å². The summed E-state index contributed by atoms with van der Waals surface area (Å²) >= 11 is 0. The van der Waals surface area contributed by atoms with Gasteiger partial charge in [-0.3, -0.25) is 4.79 Å². The zero-order valence-electron chi connectivity index (χ0n) is 14.9. The van der Waals surface area contributed by atoms with Crippen molar-refractivity contribution >= 4 is 11.6 Å². The highest BCUT2D eigenvalue weighted by atomic mass is 16.5. The van der Waals surface area contributed by atoms with Crippen LogP contribution in [0.4, 0.5) is 5.69 Å². The van der Waals surface area contributed by atoms with Crippen molar-refractivity contribution in [2.75, 3.05) is 5.32 Å². The molecule has 0 aliphatic carbocycles. The van der Waals surface area contributed by atoms with Crippen molar-refractivity contribution in [3.63, 3.8) is 0 Å². The molecule has 1 saturated heterocycles. The second kappa shape index (κ2) is 7.91. The number of ether oxygens (including phenoxy) is 1. The van der Waals surface area contributed by atoms with E-state index in [0.29, 0.717) is 18.8 Å². The fourth-order valence-corrected chi connectivity index (χ4v) is 3.18. The fraction of sp³-hybridized carbons (Fsp3) is 0.182. The van der Waals surface area contributed by atoms with Gasteiger partial charge in [0.15, 0.2) is 0 Å². The summed E-state index contributed by atoms with van der Waals surface area (Å²) in [5, 5.41) is 6.46. The predicted octanol–water partition coefficient (Wildman–Crippen LogP) is 4.44. The fourth-order valence-electron chi connectivity index (χ4n) is 3.18. The Labute approximate surface area is 158 Å². The maximum absolute atomic E-state index is 11.4. The topological polar surface area (TPSA) is 63.2 Å². The monoisotopic (exact) mass is 359 g/mol. The molecule has 1 unspecified atom stereocenters. The van der Waals surface area contributed by atoms with Crippen LogP contribution >= 0.6 is 0 Å². The minimum absolute atomic E-state index is 0.120. The van der Waals surface area contributed by atoms with Gasteiger partial charge < -0.3 is 15.4 Å². The number of amides is 1. The van der Waals surface area contributed by atoms with E-state index in [-0.39, 0.29) is 11.9 Å². The summed E-state index contributed by atoms with van der Waals surface area (Å²) in [4.78, 5) is 15.6. The Balaban J connectivity index is 1.40. The molecule has 2 N–H and O–H groups in total. The third-order valence-corrected chi connectivity index (χ3v) is 4.54. The predicted molar refractivity (Wildman–Crippen MR) is 105 cm³/mol. The van der Waals surface area contributed by atoms with Gasteiger partial charge in [0.25, 0.3) is 0 Å². The molecule has 3 aromatic rings. The lowest BCUT2D eigenvalue weighted by Crippen LogP contribution is -2.18. The van der Waals surface area contributed by atoms with E-state index in [1.54, 1.807) is 6.20 Å². The number of carbonyl (C=O) groups excluding carboxylic acids is 1. The average Bonchev–Trinajstić information content (AvgIpc) is 3.14. The highest BCUT2D eigenvalue weighted by molar-refractivity contribution is 5.78. The molecule has 27 heavy (non-hydrogen) atoms. The average molecular weight is 359 g/mol. The number of pyridine rings is 1. The van der Waals surface area contributed by atoms with Crippen LogP contribution in [0.5, 0.6) is 11.6 Å². The normalized spacial score (nSPS) is 16.0. The maximum Gasteiger partial charge on any atom is 0.220 e. The van der Waals surface area contributed by atoms with E-state index in [4.69, 9.17) is 4.74 Å². The largest absolute Gasteiger partial charge is 0.439 e. The van der Waals surface area contributed by atoms with Gasteiger partial charge in [-0.15, -0.1) is 0 Å². The molecule has 136 valence electrons. The second-order valence-electron chi connectivity index (χ2n) is 6.56. The van der Waals surface area contributed by atoms with Crippen LogP contribution in [0, 0.1) is 0 Å². The third kappa shape index (κ3) is 4.44. The minimum Gasteiger partial charge on any atom is -0.439 e. The lowest BCUT2D eigenvalue weighted by molar-refractivity contribution is -0.119. The van der Waals surface area contributed by atoms with E-state index in [1.807, 2.05) is 48.5 Å². The number of carbonyl (C=O) groups is 1. The maximum atomic E-state index is 11.4. The number of hydrogen-bond acceptors (Lipinski definition) is 4. The van der Waals surface area contributed by atoms with Crippen LogP contribution < -0.4 is 15.4 Å². The van der Waals surface area contributed by atoms with Crippen molar-refractivity contribution in [1.29, 1.82) is 0 Å². The molecule has 4 rings (SSSR count). The SMILES string of the molecule is O=C1CCC(c2cccc(NCc3cccc(Oc4ccccn4)c3)c2)N1. The number of rotatable bonds is 6. The first-order valence-corrected chi connectivity index (χ1v) is 9.07. The van der Waals surface area contributed by atoms with Crippen LogP contribution in [-0.4, -0.2) is 10.9 Å². The van der Waals surface area contributed by atoms with E-state index in [2.05, 4.69) is 33.8 Å². The molecule has 5 heteroatoms. The van der Waals surface area contributed by atoms with Gasteiger partial charge in [0.05, 0.1) is 6.04 Å². The Morgan fingerprint density at radius 1 is 1.07 bits per heavy atom. The highest BCUT2D eigenvalue weighted by Gasteiger charge is 2.22. The number of benzene rings is 2. The van der Waals surface area contributed by atoms with Gasteiger partial charge in [0.1, 0.15) is 5.75 Å². The first kappa shape index (κ1) is 17.1. The smallest absolute Gasteiger partial charge is 0.220 e. The lowest BCUT2D eigenvalue weighted by Gasteiger charge is -2.13. The van der Waals surface area contributed by atoms with Crippen molar-refractivity contribution < 1.29 is 9.53 Å². The molecular weight excluding hydrogens is 338 g/mol. The summed E-state index contributed by atoms with van der Waals surface area (Å²) in [7, 11) is 0. The molecule has 5 nitrogen and oxygen atoms in total. The van der Waals surface area contributed by atoms with Gasteiger partial charge in [0, 0.05) is 30.9 Å². The molecule has 0 spiro atoms. The summed E-state index contributed by atoms with van der Waals surface area (Å²) < 4.78 is 5.79.